The van der Waals surface area contributed by atoms with Gasteiger partial charge in [-0.25, -0.2) is 0 Å². The van der Waals surface area contributed by atoms with E-state index in [0.29, 0.717) is 5.92 Å². The summed E-state index contributed by atoms with van der Waals surface area (Å²) >= 11 is 0. The van der Waals surface area contributed by atoms with Gasteiger partial charge >= 0.3 is 0 Å². The Labute approximate surface area is 204 Å². The molecule has 1 heteroatoms. The molecule has 0 saturated heterocycles. The van der Waals surface area contributed by atoms with Gasteiger partial charge in [0.05, 0.1) is 16.6 Å². The molecule has 0 spiro atoms. The minimum Gasteiger partial charge on any atom is -0.308 e. The summed E-state index contributed by atoms with van der Waals surface area (Å²) in [6.45, 7) is 2.30. The Morgan fingerprint density at radius 3 is 2.14 bits per heavy atom. The number of hydrogen-bond donors (Lipinski definition) is 0. The third-order valence-electron chi connectivity index (χ3n) is 8.22. The first-order valence-corrected chi connectivity index (χ1v) is 12.7. The van der Waals surface area contributed by atoms with E-state index in [1.165, 1.54) is 71.5 Å². The smallest absolute Gasteiger partial charge is 0.0620 e. The molecular formula is C34H25N. The molecule has 0 radical (unpaired) electrons. The van der Waals surface area contributed by atoms with Gasteiger partial charge in [-0.2, -0.15) is 0 Å². The number of fused-ring (bicyclic) bond motifs is 9. The van der Waals surface area contributed by atoms with Crippen molar-refractivity contribution in [3.63, 3.8) is 0 Å². The fraction of sp³-hybridized carbons (Fsp3) is 0.118. The Hall–Kier alpha value is -4.10. The molecule has 0 N–H and O–H groups in total. The monoisotopic (exact) mass is 447 g/mol. The zero-order valence-electron chi connectivity index (χ0n) is 19.8. The van der Waals surface area contributed by atoms with Crippen LogP contribution < -0.4 is 0 Å². The summed E-state index contributed by atoms with van der Waals surface area (Å²) in [7, 11) is 0. The van der Waals surface area contributed by atoms with Crippen LogP contribution in [0.15, 0.2) is 103 Å². The van der Waals surface area contributed by atoms with E-state index in [1.54, 1.807) is 0 Å². The van der Waals surface area contributed by atoms with Crippen molar-refractivity contribution in [1.82, 2.24) is 4.40 Å². The third kappa shape index (κ3) is 2.53. The van der Waals surface area contributed by atoms with Gasteiger partial charge in [-0.05, 0) is 58.4 Å². The average Bonchev–Trinajstić information content (AvgIpc) is 3.53. The SMILES string of the molecule is CCC1c2ccccc2-c2cc(Cc3ccc4c5cccc6c7ccccc7n(c4c3)c65)ccc21. The highest BCUT2D eigenvalue weighted by Crippen LogP contribution is 2.46. The van der Waals surface area contributed by atoms with E-state index in [1.807, 2.05) is 0 Å². The van der Waals surface area contributed by atoms with E-state index in [4.69, 9.17) is 0 Å². The second-order valence-electron chi connectivity index (χ2n) is 10.1. The molecule has 1 unspecified atom stereocenters. The van der Waals surface area contributed by atoms with E-state index in [0.717, 1.165) is 12.8 Å². The molecule has 7 aromatic rings. The van der Waals surface area contributed by atoms with Crippen LogP contribution in [-0.4, -0.2) is 4.40 Å². The molecule has 166 valence electrons. The zero-order chi connectivity index (χ0) is 23.1. The Balaban J connectivity index is 1.29. The van der Waals surface area contributed by atoms with Gasteiger partial charge in [-0.15, -0.1) is 0 Å². The summed E-state index contributed by atoms with van der Waals surface area (Å²) in [5.41, 5.74) is 12.5. The summed E-state index contributed by atoms with van der Waals surface area (Å²) in [5, 5.41) is 5.37. The molecule has 1 nitrogen and oxygen atoms in total. The average molecular weight is 448 g/mol. The highest BCUT2D eigenvalue weighted by molar-refractivity contribution is 6.23. The molecule has 0 saturated carbocycles. The number of rotatable bonds is 3. The van der Waals surface area contributed by atoms with Gasteiger partial charge in [0.15, 0.2) is 0 Å². The Bertz CT molecular complexity index is 1920. The number of nitrogens with zero attached hydrogens (tertiary/aromatic N) is 1. The van der Waals surface area contributed by atoms with Gasteiger partial charge < -0.3 is 4.40 Å². The maximum Gasteiger partial charge on any atom is 0.0620 e. The lowest BCUT2D eigenvalue weighted by molar-refractivity contribution is 0.797. The van der Waals surface area contributed by atoms with Gasteiger partial charge in [-0.1, -0.05) is 97.9 Å². The molecule has 1 aliphatic carbocycles. The first-order chi connectivity index (χ1) is 17.3. The summed E-state index contributed by atoms with van der Waals surface area (Å²) in [5.74, 6) is 0.526. The maximum absolute atomic E-state index is 2.48. The Morgan fingerprint density at radius 2 is 1.26 bits per heavy atom. The van der Waals surface area contributed by atoms with Crippen LogP contribution in [0.2, 0.25) is 0 Å². The quantitative estimate of drug-likeness (QED) is 0.255. The van der Waals surface area contributed by atoms with Crippen molar-refractivity contribution >= 4 is 38.1 Å². The van der Waals surface area contributed by atoms with Crippen LogP contribution in [0.1, 0.15) is 41.5 Å². The van der Waals surface area contributed by atoms with Crippen molar-refractivity contribution in [3.8, 4) is 11.1 Å². The number of aromatic nitrogens is 1. The standard InChI is InChI=1S/C34H25N/c1-2-23-24-8-3-4-9-25(24)31-19-21(14-16-26(23)31)18-22-15-17-28-30-12-7-11-29-27-10-5-6-13-32(27)35(34(29)30)33(28)20-22/h3-17,19-20,23H,2,18H2,1H3. The van der Waals surface area contributed by atoms with Crippen LogP contribution in [0.4, 0.5) is 0 Å². The van der Waals surface area contributed by atoms with E-state index in [9.17, 15) is 0 Å². The summed E-state index contributed by atoms with van der Waals surface area (Å²) in [4.78, 5) is 0. The predicted octanol–water partition coefficient (Wildman–Crippen LogP) is 8.95. The van der Waals surface area contributed by atoms with Crippen LogP contribution in [-0.2, 0) is 6.42 Å². The van der Waals surface area contributed by atoms with E-state index in [2.05, 4.69) is 114 Å². The minimum absolute atomic E-state index is 0.526. The van der Waals surface area contributed by atoms with Crippen molar-refractivity contribution in [2.75, 3.05) is 0 Å². The minimum atomic E-state index is 0.526. The molecule has 8 rings (SSSR count). The largest absolute Gasteiger partial charge is 0.308 e. The molecule has 2 aromatic heterocycles. The Kier molecular flexibility index (Phi) is 3.82. The molecule has 35 heavy (non-hydrogen) atoms. The molecule has 2 heterocycles. The molecule has 0 amide bonds. The summed E-state index contributed by atoms with van der Waals surface area (Å²) in [6.07, 6.45) is 2.09. The highest BCUT2D eigenvalue weighted by Gasteiger charge is 2.27. The Morgan fingerprint density at radius 1 is 0.571 bits per heavy atom. The van der Waals surface area contributed by atoms with Gasteiger partial charge in [0.25, 0.3) is 0 Å². The maximum atomic E-state index is 2.48. The lowest BCUT2D eigenvalue weighted by Crippen LogP contribution is -1.95. The molecule has 1 atom stereocenters. The van der Waals surface area contributed by atoms with Crippen LogP contribution in [0.5, 0.6) is 0 Å². The van der Waals surface area contributed by atoms with Crippen molar-refractivity contribution in [2.45, 2.75) is 25.7 Å². The number of hydrogen-bond acceptors (Lipinski definition) is 0. The van der Waals surface area contributed by atoms with Crippen LogP contribution >= 0.6 is 0 Å². The lowest BCUT2D eigenvalue weighted by atomic mass is 9.93. The highest BCUT2D eigenvalue weighted by atomic mass is 14.9. The van der Waals surface area contributed by atoms with Crippen molar-refractivity contribution in [3.05, 3.63) is 125 Å². The topological polar surface area (TPSA) is 4.41 Å². The van der Waals surface area contributed by atoms with Crippen LogP contribution in [0.3, 0.4) is 0 Å². The molecule has 1 aliphatic rings. The van der Waals surface area contributed by atoms with Gasteiger partial charge in [-0.3, -0.25) is 0 Å². The second kappa shape index (κ2) is 6.96. The summed E-state index contributed by atoms with van der Waals surface area (Å²) < 4.78 is 2.48. The third-order valence-corrected chi connectivity index (χ3v) is 8.22. The van der Waals surface area contributed by atoms with Crippen LogP contribution in [0.25, 0.3) is 49.2 Å². The fourth-order valence-electron chi connectivity index (χ4n) is 6.73. The summed E-state index contributed by atoms with van der Waals surface area (Å²) in [6, 6.07) is 38.7. The van der Waals surface area contributed by atoms with E-state index >= 15 is 0 Å². The molecule has 5 aromatic carbocycles. The fourth-order valence-corrected chi connectivity index (χ4v) is 6.73. The van der Waals surface area contributed by atoms with Crippen molar-refractivity contribution in [2.24, 2.45) is 0 Å². The van der Waals surface area contributed by atoms with Crippen LogP contribution in [0, 0.1) is 0 Å². The zero-order valence-corrected chi connectivity index (χ0v) is 19.8. The molecule has 0 bridgehead atoms. The second-order valence-corrected chi connectivity index (χ2v) is 10.1. The predicted molar refractivity (Wildman–Crippen MR) is 148 cm³/mol. The van der Waals surface area contributed by atoms with Crippen molar-refractivity contribution < 1.29 is 0 Å². The normalized spacial score (nSPS) is 14.9. The molecule has 0 fully saturated rings. The van der Waals surface area contributed by atoms with Gasteiger partial charge in [0.1, 0.15) is 0 Å². The molecular weight excluding hydrogens is 422 g/mol. The van der Waals surface area contributed by atoms with E-state index < -0.39 is 0 Å². The number of para-hydroxylation sites is 2. The molecule has 0 aliphatic heterocycles. The first-order valence-electron chi connectivity index (χ1n) is 12.7. The number of benzene rings is 5. The van der Waals surface area contributed by atoms with Crippen molar-refractivity contribution in [1.29, 1.82) is 0 Å². The van der Waals surface area contributed by atoms with Gasteiger partial charge in [0.2, 0.25) is 0 Å². The van der Waals surface area contributed by atoms with E-state index in [-0.39, 0.29) is 0 Å². The first kappa shape index (κ1) is 19.2. The lowest BCUT2D eigenvalue weighted by Gasteiger charge is -2.11. The van der Waals surface area contributed by atoms with Gasteiger partial charge in [0, 0.05) is 27.5 Å².